The zero-order valence-corrected chi connectivity index (χ0v) is 7.99. The van der Waals surface area contributed by atoms with Crippen molar-refractivity contribution < 1.29 is 0 Å². The molecule has 1 aromatic heterocycles. The van der Waals surface area contributed by atoms with Crippen LogP contribution in [0.25, 0.3) is 4.85 Å². The Morgan fingerprint density at radius 3 is 2.69 bits per heavy atom. The van der Waals surface area contributed by atoms with Crippen molar-refractivity contribution in [2.24, 2.45) is 0 Å². The maximum Gasteiger partial charge on any atom is 0.218 e. The minimum absolute atomic E-state index is 0.545. The van der Waals surface area contributed by atoms with Crippen LogP contribution in [0.2, 0.25) is 0 Å². The standard InChI is InChI=1S/C10H13N3/c1-11-7-6-9-4-5-10(12-8-9)13(2)3/h4-5,8H,6-7H2,2-3H3. The van der Waals surface area contributed by atoms with Gasteiger partial charge in [0.15, 0.2) is 0 Å². The van der Waals surface area contributed by atoms with E-state index >= 15 is 0 Å². The van der Waals surface area contributed by atoms with Gasteiger partial charge in [-0.3, -0.25) is 0 Å². The van der Waals surface area contributed by atoms with Crippen molar-refractivity contribution in [2.45, 2.75) is 6.42 Å². The summed E-state index contributed by atoms with van der Waals surface area (Å²) in [5.74, 6) is 0.951. The predicted molar refractivity (Wildman–Crippen MR) is 53.7 cm³/mol. The van der Waals surface area contributed by atoms with Gasteiger partial charge in [-0.25, -0.2) is 11.6 Å². The van der Waals surface area contributed by atoms with Crippen LogP contribution in [-0.4, -0.2) is 25.6 Å². The molecule has 0 saturated carbocycles. The van der Waals surface area contributed by atoms with Crippen LogP contribution in [0.4, 0.5) is 5.82 Å². The fourth-order valence-corrected chi connectivity index (χ4v) is 1.01. The molecule has 0 atom stereocenters. The summed E-state index contributed by atoms with van der Waals surface area (Å²) in [5, 5.41) is 0. The van der Waals surface area contributed by atoms with Gasteiger partial charge in [0.2, 0.25) is 6.54 Å². The first-order valence-corrected chi connectivity index (χ1v) is 4.19. The highest BCUT2D eigenvalue weighted by molar-refractivity contribution is 5.37. The number of pyridine rings is 1. The molecule has 0 saturated heterocycles. The number of nitrogens with zero attached hydrogens (tertiary/aromatic N) is 3. The second-order valence-electron chi connectivity index (χ2n) is 3.05. The Kier molecular flexibility index (Phi) is 3.27. The van der Waals surface area contributed by atoms with Gasteiger partial charge >= 0.3 is 0 Å². The van der Waals surface area contributed by atoms with Gasteiger partial charge in [-0.05, 0) is 11.6 Å². The molecular formula is C10H13N3. The minimum atomic E-state index is 0.545. The number of rotatable bonds is 3. The molecule has 1 rings (SSSR count). The van der Waals surface area contributed by atoms with Gasteiger partial charge in [-0.2, -0.15) is 0 Å². The lowest BCUT2D eigenvalue weighted by Gasteiger charge is -2.10. The summed E-state index contributed by atoms with van der Waals surface area (Å²) in [6, 6.07) is 3.99. The van der Waals surface area contributed by atoms with E-state index in [2.05, 4.69) is 9.83 Å². The summed E-state index contributed by atoms with van der Waals surface area (Å²) < 4.78 is 0. The van der Waals surface area contributed by atoms with Crippen molar-refractivity contribution in [3.63, 3.8) is 0 Å². The Bertz CT molecular complexity index is 295. The first-order valence-electron chi connectivity index (χ1n) is 4.19. The van der Waals surface area contributed by atoms with Crippen molar-refractivity contribution in [3.8, 4) is 0 Å². The lowest BCUT2D eigenvalue weighted by Crippen LogP contribution is -2.10. The van der Waals surface area contributed by atoms with E-state index in [0.717, 1.165) is 17.8 Å². The summed E-state index contributed by atoms with van der Waals surface area (Å²) in [6.45, 7) is 7.20. The Labute approximate surface area is 78.8 Å². The molecule has 0 N–H and O–H groups in total. The monoisotopic (exact) mass is 175 g/mol. The molecule has 68 valence electrons. The summed E-state index contributed by atoms with van der Waals surface area (Å²) in [5.41, 5.74) is 1.13. The first kappa shape index (κ1) is 9.53. The van der Waals surface area contributed by atoms with Crippen molar-refractivity contribution in [2.75, 3.05) is 25.5 Å². The van der Waals surface area contributed by atoms with E-state index in [1.165, 1.54) is 0 Å². The van der Waals surface area contributed by atoms with Crippen LogP contribution in [0.3, 0.4) is 0 Å². The molecule has 0 fully saturated rings. The molecular weight excluding hydrogens is 162 g/mol. The van der Waals surface area contributed by atoms with E-state index in [9.17, 15) is 0 Å². The van der Waals surface area contributed by atoms with E-state index in [4.69, 9.17) is 6.57 Å². The van der Waals surface area contributed by atoms with Crippen LogP contribution in [-0.2, 0) is 6.42 Å². The number of aromatic nitrogens is 1. The van der Waals surface area contributed by atoms with Crippen LogP contribution in [0.15, 0.2) is 18.3 Å². The molecule has 0 aliphatic rings. The highest BCUT2D eigenvalue weighted by Gasteiger charge is 1.98. The molecule has 0 unspecified atom stereocenters. The third kappa shape index (κ3) is 2.75. The third-order valence-corrected chi connectivity index (χ3v) is 1.78. The van der Waals surface area contributed by atoms with E-state index < -0.39 is 0 Å². The summed E-state index contributed by atoms with van der Waals surface area (Å²) in [4.78, 5) is 9.51. The van der Waals surface area contributed by atoms with Crippen molar-refractivity contribution in [3.05, 3.63) is 35.3 Å². The number of hydrogen-bond acceptors (Lipinski definition) is 2. The second-order valence-corrected chi connectivity index (χ2v) is 3.05. The summed E-state index contributed by atoms with van der Waals surface area (Å²) >= 11 is 0. The molecule has 0 spiro atoms. The minimum Gasteiger partial charge on any atom is -0.363 e. The first-order chi connectivity index (χ1) is 6.24. The maximum atomic E-state index is 6.66. The second kappa shape index (κ2) is 4.46. The van der Waals surface area contributed by atoms with Gasteiger partial charge in [0.05, 0.1) is 0 Å². The topological polar surface area (TPSA) is 20.5 Å². The summed E-state index contributed by atoms with van der Waals surface area (Å²) in [6.07, 6.45) is 2.63. The number of anilines is 1. The average Bonchev–Trinajstić information content (AvgIpc) is 2.15. The third-order valence-electron chi connectivity index (χ3n) is 1.78. The van der Waals surface area contributed by atoms with E-state index in [-0.39, 0.29) is 0 Å². The molecule has 0 aliphatic heterocycles. The Morgan fingerprint density at radius 1 is 1.46 bits per heavy atom. The molecule has 0 aliphatic carbocycles. The molecule has 1 aromatic rings. The quantitative estimate of drug-likeness (QED) is 0.650. The van der Waals surface area contributed by atoms with E-state index in [0.29, 0.717) is 6.54 Å². The largest absolute Gasteiger partial charge is 0.363 e. The Hall–Kier alpha value is -1.56. The van der Waals surface area contributed by atoms with E-state index in [1.54, 1.807) is 0 Å². The fourth-order valence-electron chi connectivity index (χ4n) is 1.01. The van der Waals surface area contributed by atoms with Gasteiger partial charge in [0.25, 0.3) is 0 Å². The molecule has 3 heteroatoms. The smallest absolute Gasteiger partial charge is 0.218 e. The molecule has 0 bridgehead atoms. The van der Waals surface area contributed by atoms with Gasteiger partial charge in [0.1, 0.15) is 5.82 Å². The van der Waals surface area contributed by atoms with Crippen LogP contribution in [0, 0.1) is 6.57 Å². The Morgan fingerprint density at radius 2 is 2.23 bits per heavy atom. The van der Waals surface area contributed by atoms with Crippen LogP contribution in [0.1, 0.15) is 5.56 Å². The van der Waals surface area contributed by atoms with Crippen LogP contribution >= 0.6 is 0 Å². The molecule has 3 nitrogen and oxygen atoms in total. The molecule has 13 heavy (non-hydrogen) atoms. The molecule has 1 heterocycles. The SMILES string of the molecule is [C-]#[N+]CCc1ccc(N(C)C)nc1. The van der Waals surface area contributed by atoms with Crippen molar-refractivity contribution in [1.29, 1.82) is 0 Å². The van der Waals surface area contributed by atoms with Gasteiger partial charge < -0.3 is 9.74 Å². The lowest BCUT2D eigenvalue weighted by molar-refractivity contribution is 1.02. The van der Waals surface area contributed by atoms with Crippen LogP contribution < -0.4 is 4.90 Å². The zero-order valence-electron chi connectivity index (χ0n) is 7.99. The Balaban J connectivity index is 2.65. The van der Waals surface area contributed by atoms with Crippen molar-refractivity contribution in [1.82, 2.24) is 4.98 Å². The predicted octanol–water partition coefficient (Wildman–Crippen LogP) is 1.61. The molecule has 0 amide bonds. The maximum absolute atomic E-state index is 6.66. The summed E-state index contributed by atoms with van der Waals surface area (Å²) in [7, 11) is 3.92. The fraction of sp³-hybridized carbons (Fsp3) is 0.400. The van der Waals surface area contributed by atoms with Crippen molar-refractivity contribution >= 4 is 5.82 Å². The van der Waals surface area contributed by atoms with Gasteiger partial charge in [-0.15, -0.1) is 0 Å². The normalized spacial score (nSPS) is 9.31. The molecule has 0 radical (unpaired) electrons. The lowest BCUT2D eigenvalue weighted by atomic mass is 10.2. The van der Waals surface area contributed by atoms with Crippen LogP contribution in [0.5, 0.6) is 0 Å². The highest BCUT2D eigenvalue weighted by Crippen LogP contribution is 2.07. The number of hydrogen-bond donors (Lipinski definition) is 0. The van der Waals surface area contributed by atoms with E-state index in [1.807, 2.05) is 37.3 Å². The van der Waals surface area contributed by atoms with Gasteiger partial charge in [0, 0.05) is 26.7 Å². The zero-order chi connectivity index (χ0) is 9.68. The van der Waals surface area contributed by atoms with Gasteiger partial charge in [-0.1, -0.05) is 6.07 Å². The molecule has 0 aromatic carbocycles. The average molecular weight is 175 g/mol. The highest BCUT2D eigenvalue weighted by atomic mass is 15.1.